The number of halogens is 3. The molecule has 2 amide bonds. The van der Waals surface area contributed by atoms with Crippen LogP contribution in [0.2, 0.25) is 10.0 Å². The van der Waals surface area contributed by atoms with E-state index in [0.29, 0.717) is 15.6 Å². The summed E-state index contributed by atoms with van der Waals surface area (Å²) < 4.78 is 13.1. The average Bonchev–Trinajstić information content (AvgIpc) is 2.63. The minimum absolute atomic E-state index is 0.0472. The summed E-state index contributed by atoms with van der Waals surface area (Å²) in [5, 5.41) is 3.62. The standard InChI is InChI=1S/C21H23Cl2FN2O2/c1-13(2)25-21(28)14(3)26(12-16-6-9-18(22)19(23)10-16)20(27)11-15-4-7-17(24)8-5-15/h4-10,13-14H,11-12H2,1-3H3,(H,25,28). The summed E-state index contributed by atoms with van der Waals surface area (Å²) in [6.45, 7) is 5.59. The van der Waals surface area contributed by atoms with Crippen LogP contribution >= 0.6 is 23.2 Å². The molecule has 0 saturated carbocycles. The van der Waals surface area contributed by atoms with Gasteiger partial charge in [0.05, 0.1) is 16.5 Å². The Labute approximate surface area is 174 Å². The highest BCUT2D eigenvalue weighted by Gasteiger charge is 2.26. The molecule has 0 aliphatic rings. The number of hydrogen-bond acceptors (Lipinski definition) is 2. The lowest BCUT2D eigenvalue weighted by Crippen LogP contribution is -2.49. The Balaban J connectivity index is 2.25. The van der Waals surface area contributed by atoms with Gasteiger partial charge < -0.3 is 10.2 Å². The predicted octanol–water partition coefficient (Wildman–Crippen LogP) is 4.62. The highest BCUT2D eigenvalue weighted by molar-refractivity contribution is 6.42. The molecule has 0 radical (unpaired) electrons. The van der Waals surface area contributed by atoms with Crippen molar-refractivity contribution in [2.24, 2.45) is 0 Å². The fourth-order valence-electron chi connectivity index (χ4n) is 2.70. The molecule has 0 aromatic heterocycles. The maximum atomic E-state index is 13.1. The van der Waals surface area contributed by atoms with E-state index < -0.39 is 6.04 Å². The maximum absolute atomic E-state index is 13.1. The van der Waals surface area contributed by atoms with Gasteiger partial charge in [0, 0.05) is 12.6 Å². The monoisotopic (exact) mass is 424 g/mol. The first-order valence-electron chi connectivity index (χ1n) is 8.95. The van der Waals surface area contributed by atoms with Crippen LogP contribution in [0, 0.1) is 5.82 Å². The first-order valence-corrected chi connectivity index (χ1v) is 9.71. The summed E-state index contributed by atoms with van der Waals surface area (Å²) in [4.78, 5) is 27.0. The molecule has 0 spiro atoms. The molecule has 0 bridgehead atoms. The van der Waals surface area contributed by atoms with Gasteiger partial charge in [-0.3, -0.25) is 9.59 Å². The van der Waals surface area contributed by atoms with Crippen molar-refractivity contribution in [3.05, 3.63) is 69.5 Å². The number of benzene rings is 2. The van der Waals surface area contributed by atoms with Crippen LogP contribution in [0.4, 0.5) is 4.39 Å². The number of nitrogens with zero attached hydrogens (tertiary/aromatic N) is 1. The molecule has 2 rings (SSSR count). The summed E-state index contributed by atoms with van der Waals surface area (Å²) in [5.74, 6) is -0.861. The Morgan fingerprint density at radius 1 is 1.00 bits per heavy atom. The van der Waals surface area contributed by atoms with Gasteiger partial charge in [0.15, 0.2) is 0 Å². The Kier molecular flexibility index (Phi) is 7.84. The van der Waals surface area contributed by atoms with E-state index in [9.17, 15) is 14.0 Å². The normalized spacial score (nSPS) is 12.0. The Morgan fingerprint density at radius 2 is 1.61 bits per heavy atom. The zero-order valence-electron chi connectivity index (χ0n) is 16.0. The number of rotatable bonds is 7. The van der Waals surface area contributed by atoms with Crippen molar-refractivity contribution in [1.29, 1.82) is 0 Å². The SMILES string of the molecule is CC(C)NC(=O)C(C)N(Cc1ccc(Cl)c(Cl)c1)C(=O)Cc1ccc(F)cc1. The van der Waals surface area contributed by atoms with Crippen LogP contribution in [0.15, 0.2) is 42.5 Å². The van der Waals surface area contributed by atoms with Gasteiger partial charge in [0.25, 0.3) is 0 Å². The number of carbonyl (C=O) groups excluding carboxylic acids is 2. The van der Waals surface area contributed by atoms with E-state index in [0.717, 1.165) is 5.56 Å². The molecule has 2 aromatic rings. The van der Waals surface area contributed by atoms with Gasteiger partial charge in [-0.25, -0.2) is 4.39 Å². The molecule has 0 saturated heterocycles. The fourth-order valence-corrected chi connectivity index (χ4v) is 3.02. The van der Waals surface area contributed by atoms with Crippen molar-refractivity contribution in [3.63, 3.8) is 0 Å². The van der Waals surface area contributed by atoms with Gasteiger partial charge >= 0.3 is 0 Å². The largest absolute Gasteiger partial charge is 0.352 e. The average molecular weight is 425 g/mol. The molecular formula is C21H23Cl2FN2O2. The number of nitrogens with one attached hydrogen (secondary N) is 1. The van der Waals surface area contributed by atoms with E-state index in [-0.39, 0.29) is 36.6 Å². The van der Waals surface area contributed by atoms with Crippen molar-refractivity contribution in [2.45, 2.75) is 45.8 Å². The lowest BCUT2D eigenvalue weighted by molar-refractivity contribution is -0.140. The van der Waals surface area contributed by atoms with Gasteiger partial charge in [-0.2, -0.15) is 0 Å². The molecule has 4 nitrogen and oxygen atoms in total. The zero-order chi connectivity index (χ0) is 20.8. The molecule has 0 aliphatic heterocycles. The van der Waals surface area contributed by atoms with E-state index in [4.69, 9.17) is 23.2 Å². The minimum Gasteiger partial charge on any atom is -0.352 e. The van der Waals surface area contributed by atoms with Crippen molar-refractivity contribution >= 4 is 35.0 Å². The molecule has 1 atom stereocenters. The first kappa shape index (κ1) is 22.2. The van der Waals surface area contributed by atoms with Crippen LogP contribution in [0.25, 0.3) is 0 Å². The Morgan fingerprint density at radius 3 is 2.18 bits per heavy atom. The summed E-state index contributed by atoms with van der Waals surface area (Å²) in [5.41, 5.74) is 1.42. The van der Waals surface area contributed by atoms with Gasteiger partial charge in [-0.15, -0.1) is 0 Å². The summed E-state index contributed by atoms with van der Waals surface area (Å²) in [6.07, 6.45) is 0.0564. The van der Waals surface area contributed by atoms with Crippen molar-refractivity contribution in [3.8, 4) is 0 Å². The molecule has 1 N–H and O–H groups in total. The Bertz CT molecular complexity index is 841. The van der Waals surface area contributed by atoms with Gasteiger partial charge in [0.1, 0.15) is 11.9 Å². The smallest absolute Gasteiger partial charge is 0.242 e. The molecule has 150 valence electrons. The fraction of sp³-hybridized carbons (Fsp3) is 0.333. The topological polar surface area (TPSA) is 49.4 Å². The second-order valence-corrected chi connectivity index (χ2v) is 7.73. The second kappa shape index (κ2) is 9.89. The third-order valence-electron chi connectivity index (χ3n) is 4.20. The third-order valence-corrected chi connectivity index (χ3v) is 4.94. The van der Waals surface area contributed by atoms with E-state index in [1.807, 2.05) is 13.8 Å². The lowest BCUT2D eigenvalue weighted by atomic mass is 10.1. The van der Waals surface area contributed by atoms with E-state index in [1.165, 1.54) is 17.0 Å². The maximum Gasteiger partial charge on any atom is 0.242 e. The molecule has 0 aliphatic carbocycles. The van der Waals surface area contributed by atoms with Crippen molar-refractivity contribution in [1.82, 2.24) is 10.2 Å². The summed E-state index contributed by atoms with van der Waals surface area (Å²) in [6, 6.07) is 10.1. The number of carbonyl (C=O) groups is 2. The molecule has 0 fully saturated rings. The summed E-state index contributed by atoms with van der Waals surface area (Å²) >= 11 is 12.0. The van der Waals surface area contributed by atoms with Gasteiger partial charge in [0.2, 0.25) is 11.8 Å². The zero-order valence-corrected chi connectivity index (χ0v) is 17.5. The van der Waals surface area contributed by atoms with Crippen LogP contribution in [-0.4, -0.2) is 28.8 Å². The molecule has 7 heteroatoms. The molecule has 0 heterocycles. The highest BCUT2D eigenvalue weighted by atomic mass is 35.5. The molecule has 28 heavy (non-hydrogen) atoms. The van der Waals surface area contributed by atoms with Gasteiger partial charge in [-0.05, 0) is 56.2 Å². The molecule has 2 aromatic carbocycles. The van der Waals surface area contributed by atoms with Crippen molar-refractivity contribution in [2.75, 3.05) is 0 Å². The van der Waals surface area contributed by atoms with Crippen LogP contribution in [0.3, 0.4) is 0 Å². The summed E-state index contributed by atoms with van der Waals surface area (Å²) in [7, 11) is 0. The predicted molar refractivity (Wildman–Crippen MR) is 110 cm³/mol. The van der Waals surface area contributed by atoms with Crippen LogP contribution in [-0.2, 0) is 22.6 Å². The van der Waals surface area contributed by atoms with Crippen LogP contribution in [0.1, 0.15) is 31.9 Å². The van der Waals surface area contributed by atoms with Crippen LogP contribution in [0.5, 0.6) is 0 Å². The minimum atomic E-state index is -0.690. The second-order valence-electron chi connectivity index (χ2n) is 6.91. The number of amides is 2. The van der Waals surface area contributed by atoms with E-state index >= 15 is 0 Å². The number of hydrogen-bond donors (Lipinski definition) is 1. The lowest BCUT2D eigenvalue weighted by Gasteiger charge is -2.29. The van der Waals surface area contributed by atoms with E-state index in [1.54, 1.807) is 37.3 Å². The highest BCUT2D eigenvalue weighted by Crippen LogP contribution is 2.24. The molecular weight excluding hydrogens is 402 g/mol. The first-order chi connectivity index (χ1) is 13.2. The third kappa shape index (κ3) is 6.21. The van der Waals surface area contributed by atoms with Gasteiger partial charge in [-0.1, -0.05) is 41.4 Å². The van der Waals surface area contributed by atoms with Crippen LogP contribution < -0.4 is 5.32 Å². The van der Waals surface area contributed by atoms with Crippen molar-refractivity contribution < 1.29 is 14.0 Å². The van der Waals surface area contributed by atoms with E-state index in [2.05, 4.69) is 5.32 Å². The quantitative estimate of drug-likeness (QED) is 0.704. The molecule has 1 unspecified atom stereocenters. The Hall–Kier alpha value is -2.11.